The van der Waals surface area contributed by atoms with Crippen LogP contribution in [0.25, 0.3) is 0 Å². The molecule has 0 bridgehead atoms. The Morgan fingerprint density at radius 1 is 1.18 bits per heavy atom. The highest BCUT2D eigenvalue weighted by atomic mass is 32.2. The maximum absolute atomic E-state index is 12.2. The van der Waals surface area contributed by atoms with Crippen LogP contribution >= 0.6 is 46.6 Å². The molecule has 0 saturated carbocycles. The summed E-state index contributed by atoms with van der Waals surface area (Å²) in [5.74, 6) is -0.00785. The van der Waals surface area contributed by atoms with Crippen LogP contribution < -0.4 is 4.72 Å². The van der Waals surface area contributed by atoms with Crippen molar-refractivity contribution < 1.29 is 9.59 Å². The number of amides is 3. The number of hydrogen-bond donors (Lipinski definition) is 1. The maximum atomic E-state index is 12.2. The minimum Gasteiger partial charge on any atom is -0.344 e. The molecule has 22 heavy (non-hydrogen) atoms. The van der Waals surface area contributed by atoms with Gasteiger partial charge < -0.3 is 9.80 Å². The van der Waals surface area contributed by atoms with Gasteiger partial charge >= 0.3 is 6.03 Å². The van der Waals surface area contributed by atoms with E-state index in [1.54, 1.807) is 54.1 Å². The van der Waals surface area contributed by atoms with Gasteiger partial charge in [-0.2, -0.15) is 0 Å². The summed E-state index contributed by atoms with van der Waals surface area (Å²) in [4.78, 5) is 32.0. The van der Waals surface area contributed by atoms with Crippen LogP contribution in [0.15, 0.2) is 20.1 Å². The quantitative estimate of drug-likeness (QED) is 0.558. The van der Waals surface area contributed by atoms with Crippen molar-refractivity contribution in [2.24, 2.45) is 0 Å². The number of carbonyl (C=O) groups is 2. The zero-order valence-corrected chi connectivity index (χ0v) is 15.6. The topological polar surface area (TPSA) is 55.9 Å². The van der Waals surface area contributed by atoms with Crippen molar-refractivity contribution in [1.29, 1.82) is 0 Å². The lowest BCUT2D eigenvalue weighted by molar-refractivity contribution is -0.123. The Kier molecular flexibility index (Phi) is 4.38. The minimum absolute atomic E-state index is 0.00785. The standard InChI is InChI=1S/C12H14N4O2S4/c1-14(2)10(17)8-7-9(13-22-8)21-11-6(20-7)5-19-16(11)12(18)15(3)4/h5,13H,1-4H3. The summed E-state index contributed by atoms with van der Waals surface area (Å²) < 4.78 is 4.87. The molecule has 118 valence electrons. The van der Waals surface area contributed by atoms with Gasteiger partial charge in [0, 0.05) is 33.6 Å². The maximum Gasteiger partial charge on any atom is 0.335 e. The van der Waals surface area contributed by atoms with E-state index < -0.39 is 0 Å². The summed E-state index contributed by atoms with van der Waals surface area (Å²) in [6.07, 6.45) is 0. The predicted octanol–water partition coefficient (Wildman–Crippen LogP) is 1.76. The Labute approximate surface area is 145 Å². The third-order valence-electron chi connectivity index (χ3n) is 2.89. The highest BCUT2D eigenvalue weighted by Crippen LogP contribution is 2.46. The summed E-state index contributed by atoms with van der Waals surface area (Å²) in [6, 6.07) is -0.0670. The number of thioether (sulfide) groups is 1. The first-order valence-electron chi connectivity index (χ1n) is 6.27. The molecule has 3 heterocycles. The Bertz CT molecular complexity index is 704. The Morgan fingerprint density at radius 2 is 1.91 bits per heavy atom. The molecule has 3 aliphatic rings. The Hall–Kier alpha value is -0.810. The fourth-order valence-corrected chi connectivity index (χ4v) is 6.59. The van der Waals surface area contributed by atoms with Gasteiger partial charge in [-0.15, -0.1) is 10.9 Å². The lowest BCUT2D eigenvalue weighted by Crippen LogP contribution is -2.36. The molecular weight excluding hydrogens is 360 g/mol. The van der Waals surface area contributed by atoms with Crippen molar-refractivity contribution in [3.63, 3.8) is 0 Å². The van der Waals surface area contributed by atoms with E-state index in [-0.39, 0.29) is 11.9 Å². The van der Waals surface area contributed by atoms with Crippen LogP contribution in [0.3, 0.4) is 0 Å². The molecule has 0 spiro atoms. The van der Waals surface area contributed by atoms with Crippen LogP contribution in [-0.2, 0) is 4.79 Å². The van der Waals surface area contributed by atoms with E-state index in [1.807, 2.05) is 5.41 Å². The lowest BCUT2D eigenvalue weighted by Gasteiger charge is -2.22. The van der Waals surface area contributed by atoms with E-state index in [0.717, 1.165) is 19.8 Å². The molecule has 0 atom stereocenters. The molecule has 0 aromatic heterocycles. The van der Waals surface area contributed by atoms with Gasteiger partial charge in [-0.3, -0.25) is 4.79 Å². The van der Waals surface area contributed by atoms with Crippen molar-refractivity contribution in [2.75, 3.05) is 28.2 Å². The third kappa shape index (κ3) is 2.62. The Balaban J connectivity index is 2.02. The molecule has 0 aliphatic carbocycles. The lowest BCUT2D eigenvalue weighted by atomic mass is 10.4. The molecule has 0 saturated heterocycles. The fourth-order valence-electron chi connectivity index (χ4n) is 1.78. The summed E-state index contributed by atoms with van der Waals surface area (Å²) >= 11 is 4.25. The number of fused-ring (bicyclic) bond motifs is 2. The first-order valence-corrected chi connectivity index (χ1v) is 9.56. The first-order chi connectivity index (χ1) is 10.4. The van der Waals surface area contributed by atoms with Gasteiger partial charge in [0.1, 0.15) is 9.89 Å². The zero-order valence-electron chi connectivity index (χ0n) is 12.4. The molecule has 3 rings (SSSR count). The number of rotatable bonds is 1. The number of nitrogens with one attached hydrogen (secondary N) is 1. The van der Waals surface area contributed by atoms with Crippen molar-refractivity contribution in [3.05, 3.63) is 20.1 Å². The monoisotopic (exact) mass is 374 g/mol. The van der Waals surface area contributed by atoms with E-state index in [0.29, 0.717) is 4.91 Å². The van der Waals surface area contributed by atoms with E-state index >= 15 is 0 Å². The molecule has 0 fully saturated rings. The Morgan fingerprint density at radius 3 is 2.55 bits per heavy atom. The van der Waals surface area contributed by atoms with Gasteiger partial charge in [-0.1, -0.05) is 11.8 Å². The minimum atomic E-state index is -0.0670. The van der Waals surface area contributed by atoms with Gasteiger partial charge in [-0.05, 0) is 23.9 Å². The highest BCUT2D eigenvalue weighted by Gasteiger charge is 2.37. The fraction of sp³-hybridized carbons (Fsp3) is 0.333. The largest absolute Gasteiger partial charge is 0.344 e. The number of carbonyl (C=O) groups excluding carboxylic acids is 2. The predicted molar refractivity (Wildman–Crippen MR) is 98.2 cm³/mol. The summed E-state index contributed by atoms with van der Waals surface area (Å²) in [5, 5.41) is 1.96. The van der Waals surface area contributed by atoms with Gasteiger partial charge in [0.15, 0.2) is 0 Å². The van der Waals surface area contributed by atoms with Gasteiger partial charge in [0.2, 0.25) is 0 Å². The normalized spacial score (nSPS) is 19.6. The second-order valence-corrected chi connectivity index (χ2v) is 8.64. The van der Waals surface area contributed by atoms with Gasteiger partial charge in [0.25, 0.3) is 5.91 Å². The zero-order chi connectivity index (χ0) is 16.0. The van der Waals surface area contributed by atoms with Crippen molar-refractivity contribution in [2.45, 2.75) is 0 Å². The van der Waals surface area contributed by atoms with Crippen LogP contribution in [0.1, 0.15) is 0 Å². The average molecular weight is 375 g/mol. The molecule has 0 aromatic carbocycles. The van der Waals surface area contributed by atoms with Gasteiger partial charge in [0.05, 0.1) is 14.8 Å². The van der Waals surface area contributed by atoms with Gasteiger partial charge in [-0.25, -0.2) is 13.8 Å². The van der Waals surface area contributed by atoms with Crippen LogP contribution in [0.4, 0.5) is 4.79 Å². The molecule has 3 aliphatic heterocycles. The van der Waals surface area contributed by atoms with Crippen molar-refractivity contribution >= 4 is 68.5 Å². The SMILES string of the molecule is CN(C)C(=O)C1=C2SC3=CSN(C(=O)N(C)C)C3=S=C2NS1. The van der Waals surface area contributed by atoms with Crippen LogP contribution in [0, 0.1) is 0 Å². The highest BCUT2D eigenvalue weighted by molar-refractivity contribution is 8.19. The number of likely N-dealkylation sites (N-methyl/N-ethyl adjacent to an activating group) is 1. The first kappa shape index (κ1) is 16.1. The van der Waals surface area contributed by atoms with Crippen LogP contribution in [0.2, 0.25) is 0 Å². The van der Waals surface area contributed by atoms with E-state index in [1.165, 1.54) is 34.8 Å². The second kappa shape index (κ2) is 6.00. The van der Waals surface area contributed by atoms with E-state index in [4.69, 9.17) is 0 Å². The van der Waals surface area contributed by atoms with E-state index in [2.05, 4.69) is 4.72 Å². The van der Waals surface area contributed by atoms with Crippen LogP contribution in [0.5, 0.6) is 0 Å². The second-order valence-electron chi connectivity index (χ2n) is 4.96. The number of urea groups is 1. The van der Waals surface area contributed by atoms with E-state index in [9.17, 15) is 9.59 Å². The molecule has 6 nitrogen and oxygen atoms in total. The molecule has 3 amide bonds. The van der Waals surface area contributed by atoms with Crippen molar-refractivity contribution in [3.8, 4) is 0 Å². The summed E-state index contributed by atoms with van der Waals surface area (Å²) in [5.41, 5.74) is 0. The molecule has 0 radical (unpaired) electrons. The average Bonchev–Trinajstić information content (AvgIpc) is 3.06. The van der Waals surface area contributed by atoms with Crippen molar-refractivity contribution in [1.82, 2.24) is 18.8 Å². The molecular formula is C12H14N4O2S4. The smallest absolute Gasteiger partial charge is 0.335 e. The summed E-state index contributed by atoms with van der Waals surface area (Å²) in [6.45, 7) is 0. The number of hydrogen-bond acceptors (Lipinski definition) is 6. The third-order valence-corrected chi connectivity index (χ3v) is 7.70. The summed E-state index contributed by atoms with van der Waals surface area (Å²) in [7, 11) is 8.46. The molecule has 0 unspecified atom stereocenters. The van der Waals surface area contributed by atoms with Crippen LogP contribution in [-0.4, -0.2) is 64.2 Å². The molecule has 0 aromatic rings. The molecule has 10 heteroatoms. The molecule has 1 N–H and O–H groups in total. The number of nitrogens with zero attached hydrogens (tertiary/aromatic N) is 3.